The molecule has 0 radical (unpaired) electrons. The smallest absolute Gasteiger partial charge is 0.148 e. The van der Waals surface area contributed by atoms with E-state index in [-0.39, 0.29) is 6.61 Å². The van der Waals surface area contributed by atoms with Crippen LogP contribution in [-0.4, -0.2) is 25.1 Å². The van der Waals surface area contributed by atoms with Gasteiger partial charge in [0.05, 0.1) is 13.7 Å². The average molecular weight is 182 g/mol. The Bertz CT molecular complexity index is 249. The Balaban J connectivity index is 4.50. The van der Waals surface area contributed by atoms with E-state index in [4.69, 9.17) is 9.84 Å². The monoisotopic (exact) mass is 182 g/mol. The Morgan fingerprint density at radius 2 is 2.15 bits per heavy atom. The summed E-state index contributed by atoms with van der Waals surface area (Å²) in [5, 5.41) is 8.69. The second-order valence-corrected chi connectivity index (χ2v) is 2.55. The van der Waals surface area contributed by atoms with Crippen molar-refractivity contribution in [2.24, 2.45) is 0 Å². The molecule has 0 aliphatic heterocycles. The SMILES string of the molecule is C=C(/C=C(C)\C=C(\C=O)CO)OC. The predicted molar refractivity (Wildman–Crippen MR) is 51.1 cm³/mol. The molecule has 13 heavy (non-hydrogen) atoms. The first-order valence-corrected chi connectivity index (χ1v) is 3.81. The molecule has 0 saturated carbocycles. The third-order valence-corrected chi connectivity index (χ3v) is 1.40. The molecule has 0 heterocycles. The lowest BCUT2D eigenvalue weighted by molar-refractivity contribution is -0.105. The van der Waals surface area contributed by atoms with E-state index in [1.165, 1.54) is 7.11 Å². The first-order chi connectivity index (χ1) is 6.13. The summed E-state index contributed by atoms with van der Waals surface area (Å²) < 4.78 is 4.82. The lowest BCUT2D eigenvalue weighted by Gasteiger charge is -1.98. The van der Waals surface area contributed by atoms with Gasteiger partial charge in [-0.05, 0) is 18.6 Å². The Morgan fingerprint density at radius 3 is 2.54 bits per heavy atom. The van der Waals surface area contributed by atoms with Crippen molar-refractivity contribution < 1.29 is 14.6 Å². The second kappa shape index (κ2) is 6.20. The zero-order chi connectivity index (χ0) is 10.3. The Labute approximate surface area is 78.0 Å². The molecule has 0 unspecified atom stereocenters. The molecule has 0 amide bonds. The van der Waals surface area contributed by atoms with Crippen LogP contribution in [0.3, 0.4) is 0 Å². The molecule has 0 bridgehead atoms. The average Bonchev–Trinajstić information content (AvgIpc) is 2.13. The van der Waals surface area contributed by atoms with Crippen LogP contribution in [0, 0.1) is 0 Å². The van der Waals surface area contributed by atoms with Gasteiger partial charge >= 0.3 is 0 Å². The van der Waals surface area contributed by atoms with Crippen LogP contribution in [0.15, 0.2) is 35.6 Å². The van der Waals surface area contributed by atoms with Crippen LogP contribution in [0.2, 0.25) is 0 Å². The number of methoxy groups -OCH3 is 1. The van der Waals surface area contributed by atoms with E-state index in [1.54, 1.807) is 19.1 Å². The molecule has 3 heteroatoms. The summed E-state index contributed by atoms with van der Waals surface area (Å²) in [5.41, 5.74) is 1.14. The summed E-state index contributed by atoms with van der Waals surface area (Å²) >= 11 is 0. The van der Waals surface area contributed by atoms with E-state index in [1.807, 2.05) is 0 Å². The van der Waals surface area contributed by atoms with Crippen molar-refractivity contribution in [1.29, 1.82) is 0 Å². The minimum Gasteiger partial charge on any atom is -0.497 e. The molecule has 3 nitrogen and oxygen atoms in total. The van der Waals surface area contributed by atoms with Crippen molar-refractivity contribution in [3.8, 4) is 0 Å². The molecule has 0 fully saturated rings. The highest BCUT2D eigenvalue weighted by Gasteiger charge is 1.93. The molecule has 0 spiro atoms. The van der Waals surface area contributed by atoms with Crippen LogP contribution in [0.25, 0.3) is 0 Å². The minimum atomic E-state index is -0.256. The standard InChI is InChI=1S/C10H14O3/c1-8(4-9(2)13-3)5-10(6-11)7-12/h4-6,12H,2,7H2,1,3H3/b8-4-,10-5-. The number of carbonyl (C=O) groups excluding carboxylic acids is 1. The van der Waals surface area contributed by atoms with Crippen molar-refractivity contribution in [1.82, 2.24) is 0 Å². The van der Waals surface area contributed by atoms with Gasteiger partial charge in [0.2, 0.25) is 0 Å². The summed E-state index contributed by atoms with van der Waals surface area (Å²) in [6, 6.07) is 0. The number of hydrogen-bond acceptors (Lipinski definition) is 3. The van der Waals surface area contributed by atoms with Gasteiger partial charge in [0.1, 0.15) is 12.0 Å². The Hall–Kier alpha value is -1.35. The largest absolute Gasteiger partial charge is 0.497 e. The summed E-state index contributed by atoms with van der Waals surface area (Å²) in [6.45, 7) is 5.13. The highest BCUT2D eigenvalue weighted by Crippen LogP contribution is 2.04. The molecule has 0 aromatic heterocycles. The molecule has 0 aromatic carbocycles. The van der Waals surface area contributed by atoms with Gasteiger partial charge in [0.15, 0.2) is 0 Å². The van der Waals surface area contributed by atoms with Gasteiger partial charge in [0, 0.05) is 5.57 Å². The number of allylic oxidation sites excluding steroid dienone is 3. The number of aliphatic hydroxyl groups is 1. The van der Waals surface area contributed by atoms with E-state index in [9.17, 15) is 4.79 Å². The van der Waals surface area contributed by atoms with Crippen molar-refractivity contribution in [3.63, 3.8) is 0 Å². The Kier molecular flexibility index (Phi) is 5.55. The van der Waals surface area contributed by atoms with E-state index in [0.29, 0.717) is 17.6 Å². The fraction of sp³-hybridized carbons (Fsp3) is 0.300. The van der Waals surface area contributed by atoms with E-state index in [0.717, 1.165) is 5.57 Å². The highest BCUT2D eigenvalue weighted by molar-refractivity contribution is 5.74. The van der Waals surface area contributed by atoms with Crippen molar-refractivity contribution in [2.75, 3.05) is 13.7 Å². The van der Waals surface area contributed by atoms with Crippen LogP contribution in [-0.2, 0) is 9.53 Å². The van der Waals surface area contributed by atoms with Crippen LogP contribution in [0.4, 0.5) is 0 Å². The molecule has 0 aliphatic rings. The second-order valence-electron chi connectivity index (χ2n) is 2.55. The molecular weight excluding hydrogens is 168 g/mol. The molecule has 72 valence electrons. The van der Waals surface area contributed by atoms with Crippen molar-refractivity contribution >= 4 is 6.29 Å². The quantitative estimate of drug-likeness (QED) is 0.301. The topological polar surface area (TPSA) is 46.5 Å². The number of carbonyl (C=O) groups is 1. The summed E-state index contributed by atoms with van der Waals surface area (Å²) in [5.74, 6) is 0.511. The maximum Gasteiger partial charge on any atom is 0.148 e. The summed E-state index contributed by atoms with van der Waals surface area (Å²) in [6.07, 6.45) is 3.88. The molecule has 0 rings (SSSR count). The number of ether oxygens (including phenoxy) is 1. The zero-order valence-electron chi connectivity index (χ0n) is 7.91. The molecule has 0 aliphatic carbocycles. The lowest BCUT2D eigenvalue weighted by Crippen LogP contribution is -1.91. The van der Waals surface area contributed by atoms with E-state index >= 15 is 0 Å². The first-order valence-electron chi connectivity index (χ1n) is 3.81. The van der Waals surface area contributed by atoms with Gasteiger partial charge < -0.3 is 9.84 Å². The first kappa shape index (κ1) is 11.6. The third-order valence-electron chi connectivity index (χ3n) is 1.40. The number of aldehydes is 1. The van der Waals surface area contributed by atoms with Crippen molar-refractivity contribution in [2.45, 2.75) is 6.92 Å². The predicted octanol–water partition coefficient (Wildman–Crippen LogP) is 1.21. The summed E-state index contributed by atoms with van der Waals surface area (Å²) in [4.78, 5) is 10.3. The highest BCUT2D eigenvalue weighted by atomic mass is 16.5. The minimum absolute atomic E-state index is 0.256. The van der Waals surface area contributed by atoms with Crippen LogP contribution in [0.1, 0.15) is 6.92 Å². The molecule has 0 atom stereocenters. The van der Waals surface area contributed by atoms with Gasteiger partial charge in [-0.3, -0.25) is 4.79 Å². The van der Waals surface area contributed by atoms with Crippen LogP contribution >= 0.6 is 0 Å². The van der Waals surface area contributed by atoms with Gasteiger partial charge in [-0.25, -0.2) is 0 Å². The van der Waals surface area contributed by atoms with E-state index < -0.39 is 0 Å². The van der Waals surface area contributed by atoms with Gasteiger partial charge in [-0.2, -0.15) is 0 Å². The zero-order valence-corrected chi connectivity index (χ0v) is 7.91. The van der Waals surface area contributed by atoms with Crippen LogP contribution < -0.4 is 0 Å². The van der Waals surface area contributed by atoms with Gasteiger partial charge in [-0.15, -0.1) is 0 Å². The molecule has 0 aromatic rings. The van der Waals surface area contributed by atoms with E-state index in [2.05, 4.69) is 6.58 Å². The normalized spacial score (nSPS) is 12.5. The number of aliphatic hydroxyl groups excluding tert-OH is 1. The maximum atomic E-state index is 10.3. The van der Waals surface area contributed by atoms with Crippen LogP contribution in [0.5, 0.6) is 0 Å². The molecule has 0 saturated heterocycles. The lowest BCUT2D eigenvalue weighted by atomic mass is 10.2. The third kappa shape index (κ3) is 4.98. The van der Waals surface area contributed by atoms with Gasteiger partial charge in [-0.1, -0.05) is 12.7 Å². The molecule has 1 N–H and O–H groups in total. The molecular formula is C10H14O3. The fourth-order valence-corrected chi connectivity index (χ4v) is 0.764. The fourth-order valence-electron chi connectivity index (χ4n) is 0.764. The maximum absolute atomic E-state index is 10.3. The van der Waals surface area contributed by atoms with Crippen molar-refractivity contribution in [3.05, 3.63) is 35.6 Å². The number of hydrogen-bond donors (Lipinski definition) is 1. The van der Waals surface area contributed by atoms with Gasteiger partial charge in [0.25, 0.3) is 0 Å². The summed E-state index contributed by atoms with van der Waals surface area (Å²) in [7, 11) is 1.52. The number of rotatable bonds is 5. The Morgan fingerprint density at radius 1 is 1.54 bits per heavy atom.